The molecule has 0 fully saturated rings. The van der Waals surface area contributed by atoms with E-state index >= 15 is 0 Å². The number of nitrogens with one attached hydrogen (secondary N) is 1. The Labute approximate surface area is 214 Å². The molecule has 0 saturated heterocycles. The topological polar surface area (TPSA) is 97.0 Å². The maximum Gasteiger partial charge on any atom is 0.268 e. The van der Waals surface area contributed by atoms with Gasteiger partial charge in [-0.1, -0.05) is 12.1 Å². The van der Waals surface area contributed by atoms with E-state index in [1.54, 1.807) is 31.2 Å². The number of hydrogen-bond donors (Lipinski definition) is 1. The van der Waals surface area contributed by atoms with Crippen LogP contribution in [0.2, 0.25) is 0 Å². The van der Waals surface area contributed by atoms with Crippen molar-refractivity contribution in [1.29, 1.82) is 0 Å². The van der Waals surface area contributed by atoms with Crippen LogP contribution < -0.4 is 20.5 Å². The molecule has 1 amide bonds. The minimum absolute atomic E-state index is 0.0581. The fourth-order valence-corrected chi connectivity index (χ4v) is 4.49. The van der Waals surface area contributed by atoms with Crippen molar-refractivity contribution in [1.82, 2.24) is 23.7 Å². The molecule has 11 heteroatoms. The number of carbonyl (C=O) groups is 1. The molecule has 0 radical (unpaired) electrons. The summed E-state index contributed by atoms with van der Waals surface area (Å²) in [4.78, 5) is 39.6. The number of aromatic nitrogens is 4. The number of fused-ring (bicyclic) bond motifs is 4. The largest absolute Gasteiger partial charge is 0.495 e. The summed E-state index contributed by atoms with van der Waals surface area (Å²) in [5, 5.41) is 4.60. The van der Waals surface area contributed by atoms with E-state index in [1.165, 1.54) is 4.40 Å². The smallest absolute Gasteiger partial charge is 0.268 e. The number of likely N-dealkylation sites (N-methyl/N-ethyl adjacent to an activating group) is 2. The van der Waals surface area contributed by atoms with Crippen LogP contribution in [-0.4, -0.2) is 72.4 Å². The quantitative estimate of drug-likeness (QED) is 0.284. The predicted octanol–water partition coefficient (Wildman–Crippen LogP) is 2.18. The summed E-state index contributed by atoms with van der Waals surface area (Å²) in [6.45, 7) is 2.17. The van der Waals surface area contributed by atoms with Gasteiger partial charge in [0.25, 0.3) is 5.56 Å². The lowest BCUT2D eigenvalue weighted by Gasteiger charge is -2.21. The van der Waals surface area contributed by atoms with Crippen LogP contribution in [0.3, 0.4) is 0 Å². The van der Waals surface area contributed by atoms with E-state index in [0.29, 0.717) is 45.3 Å². The Bertz CT molecular complexity index is 1740. The van der Waals surface area contributed by atoms with Crippen molar-refractivity contribution in [3.63, 3.8) is 0 Å². The number of hydrogen-bond acceptors (Lipinski definition) is 7. The second-order valence-electron chi connectivity index (χ2n) is 9.34. The van der Waals surface area contributed by atoms with Gasteiger partial charge in [-0.05, 0) is 63.1 Å². The predicted molar refractivity (Wildman–Crippen MR) is 149 cm³/mol. The third-order valence-electron chi connectivity index (χ3n) is 6.45. The minimum Gasteiger partial charge on any atom is -0.495 e. The number of nitrogens with zero attached hydrogens (tertiary/aromatic N) is 6. The molecule has 3 heterocycles. The Morgan fingerprint density at radius 1 is 1.11 bits per heavy atom. The van der Waals surface area contributed by atoms with Crippen molar-refractivity contribution >= 4 is 58.8 Å². The highest BCUT2D eigenvalue weighted by Gasteiger charge is 2.19. The molecule has 5 rings (SSSR count). The molecule has 0 aliphatic rings. The van der Waals surface area contributed by atoms with Gasteiger partial charge in [-0.2, -0.15) is 4.98 Å². The zero-order chi connectivity index (χ0) is 26.4. The molecular formula is C26H28BN7O3. The molecule has 0 aliphatic carbocycles. The van der Waals surface area contributed by atoms with Crippen molar-refractivity contribution in [3.8, 4) is 5.75 Å². The van der Waals surface area contributed by atoms with Crippen LogP contribution >= 0.6 is 0 Å². The Morgan fingerprint density at radius 3 is 2.62 bits per heavy atom. The van der Waals surface area contributed by atoms with Gasteiger partial charge in [-0.25, -0.2) is 9.38 Å². The number of aryl methyl sites for hydroxylation is 1. The van der Waals surface area contributed by atoms with Crippen molar-refractivity contribution in [3.05, 3.63) is 64.6 Å². The van der Waals surface area contributed by atoms with Crippen LogP contribution in [0.15, 0.2) is 53.5 Å². The first-order valence-electron chi connectivity index (χ1n) is 11.8. The highest BCUT2D eigenvalue weighted by Crippen LogP contribution is 2.32. The summed E-state index contributed by atoms with van der Waals surface area (Å²) in [7, 11) is 8.88. The van der Waals surface area contributed by atoms with E-state index in [1.807, 2.05) is 74.9 Å². The third kappa shape index (κ3) is 4.17. The van der Waals surface area contributed by atoms with Gasteiger partial charge in [0.1, 0.15) is 11.4 Å². The maximum atomic E-state index is 13.8. The van der Waals surface area contributed by atoms with Crippen LogP contribution in [0.25, 0.3) is 27.6 Å². The third-order valence-corrected chi connectivity index (χ3v) is 6.45. The SMILES string of the molecule is Bn1ccc2c1nc(Nc1cc(N(C)C(=O)CN(C)C)ccc1OC)n1c(=O)c3c(C)cccc3nc21. The van der Waals surface area contributed by atoms with E-state index < -0.39 is 0 Å². The first kappa shape index (κ1) is 24.3. The highest BCUT2D eigenvalue weighted by molar-refractivity contribution is 6.12. The molecule has 188 valence electrons. The first-order chi connectivity index (χ1) is 17.7. The highest BCUT2D eigenvalue weighted by atomic mass is 16.5. The van der Waals surface area contributed by atoms with Gasteiger partial charge in [-0.3, -0.25) is 9.59 Å². The van der Waals surface area contributed by atoms with Gasteiger partial charge < -0.3 is 24.3 Å². The lowest BCUT2D eigenvalue weighted by Crippen LogP contribution is -2.35. The molecule has 0 unspecified atom stereocenters. The standard InChI is InChI=1S/C26H28BN7O3/c1-15-7-6-8-18-22(15)25(36)34-24(28-18)17-11-12-33(27)23(17)30-26(34)29-19-13-16(9-10-20(19)37-5)32(4)21(35)14-31(2)3/h6-13H,14,27H2,1-5H3,(H,29,30). The Hall–Kier alpha value is -4.38. The maximum absolute atomic E-state index is 13.8. The number of carbonyl (C=O) groups excluding carboxylic acids is 1. The Morgan fingerprint density at radius 2 is 1.89 bits per heavy atom. The van der Waals surface area contributed by atoms with E-state index in [9.17, 15) is 9.59 Å². The van der Waals surface area contributed by atoms with Crippen molar-refractivity contribution in [2.75, 3.05) is 45.0 Å². The van der Waals surface area contributed by atoms with Crippen molar-refractivity contribution in [2.24, 2.45) is 0 Å². The molecule has 3 aromatic heterocycles. The second-order valence-corrected chi connectivity index (χ2v) is 9.34. The average molecular weight is 497 g/mol. The van der Waals surface area contributed by atoms with Crippen LogP contribution in [0.1, 0.15) is 5.56 Å². The van der Waals surface area contributed by atoms with Gasteiger partial charge in [0.05, 0.1) is 35.6 Å². The molecular weight excluding hydrogens is 469 g/mol. The molecule has 5 aromatic rings. The fourth-order valence-electron chi connectivity index (χ4n) is 4.49. The monoisotopic (exact) mass is 497 g/mol. The molecule has 10 nitrogen and oxygen atoms in total. The molecule has 0 atom stereocenters. The summed E-state index contributed by atoms with van der Waals surface area (Å²) >= 11 is 0. The number of amides is 1. The van der Waals surface area contributed by atoms with E-state index in [-0.39, 0.29) is 18.0 Å². The molecule has 0 saturated carbocycles. The fraction of sp³-hybridized carbons (Fsp3) is 0.231. The van der Waals surface area contributed by atoms with Gasteiger partial charge in [0.2, 0.25) is 19.8 Å². The number of rotatable bonds is 6. The summed E-state index contributed by atoms with van der Waals surface area (Å²) in [6.07, 6.45) is 1.89. The van der Waals surface area contributed by atoms with Gasteiger partial charge in [-0.15, -0.1) is 0 Å². The van der Waals surface area contributed by atoms with Crippen LogP contribution in [0, 0.1) is 6.92 Å². The lowest BCUT2D eigenvalue weighted by molar-refractivity contribution is -0.118. The van der Waals surface area contributed by atoms with E-state index in [2.05, 4.69) is 5.32 Å². The second kappa shape index (κ2) is 9.25. The molecule has 1 N–H and O–H groups in total. The van der Waals surface area contributed by atoms with Gasteiger partial charge in [0.15, 0.2) is 5.65 Å². The minimum atomic E-state index is -0.216. The molecule has 0 aliphatic heterocycles. The average Bonchev–Trinajstić information content (AvgIpc) is 3.23. The summed E-state index contributed by atoms with van der Waals surface area (Å²) in [5.74, 6) is 0.777. The summed E-state index contributed by atoms with van der Waals surface area (Å²) in [6, 6.07) is 12.9. The summed E-state index contributed by atoms with van der Waals surface area (Å²) < 4.78 is 8.98. The Kier molecular flexibility index (Phi) is 6.08. The van der Waals surface area contributed by atoms with Crippen LogP contribution in [0.5, 0.6) is 5.75 Å². The zero-order valence-electron chi connectivity index (χ0n) is 21.7. The molecule has 0 bridgehead atoms. The van der Waals surface area contributed by atoms with Gasteiger partial charge >= 0.3 is 0 Å². The normalized spacial score (nSPS) is 11.5. The zero-order valence-corrected chi connectivity index (χ0v) is 21.7. The van der Waals surface area contributed by atoms with Crippen LogP contribution in [-0.2, 0) is 4.79 Å². The number of methoxy groups -OCH3 is 1. The summed E-state index contributed by atoms with van der Waals surface area (Å²) in [5.41, 5.74) is 3.67. The lowest BCUT2D eigenvalue weighted by atomic mass is 10.1. The Balaban J connectivity index is 1.73. The van der Waals surface area contributed by atoms with E-state index in [4.69, 9.17) is 14.7 Å². The number of benzene rings is 2. The first-order valence-corrected chi connectivity index (χ1v) is 11.8. The van der Waals surface area contributed by atoms with E-state index in [0.717, 1.165) is 10.9 Å². The van der Waals surface area contributed by atoms with Crippen LogP contribution in [0.4, 0.5) is 17.3 Å². The molecule has 0 spiro atoms. The van der Waals surface area contributed by atoms with Crippen molar-refractivity contribution < 1.29 is 9.53 Å². The van der Waals surface area contributed by atoms with Crippen molar-refractivity contribution in [2.45, 2.75) is 6.92 Å². The number of anilines is 3. The number of ether oxygens (including phenoxy) is 1. The van der Waals surface area contributed by atoms with Gasteiger partial charge in [0, 0.05) is 12.7 Å². The molecule has 37 heavy (non-hydrogen) atoms. The molecule has 2 aromatic carbocycles.